The predicted octanol–water partition coefficient (Wildman–Crippen LogP) is 3.93. The fraction of sp³-hybridized carbons (Fsp3) is 0.214. The standard InChI is InChI=1S/C14H15ClN2OS/c1-9-5-12(18-2)7-11(17-9)8-19-14-4-3-10(16)6-13(14)15/h3-7H,8,16H2,1-2H3. The van der Waals surface area contributed by atoms with Crippen LogP contribution in [0.25, 0.3) is 0 Å². The molecule has 2 aromatic rings. The highest BCUT2D eigenvalue weighted by molar-refractivity contribution is 7.98. The van der Waals surface area contributed by atoms with Gasteiger partial charge in [-0.15, -0.1) is 11.8 Å². The Morgan fingerprint density at radius 1 is 1.32 bits per heavy atom. The van der Waals surface area contributed by atoms with E-state index in [1.807, 2.05) is 31.2 Å². The van der Waals surface area contributed by atoms with E-state index in [0.717, 1.165) is 27.8 Å². The lowest BCUT2D eigenvalue weighted by molar-refractivity contribution is 0.413. The van der Waals surface area contributed by atoms with Crippen LogP contribution in [0.15, 0.2) is 35.2 Å². The van der Waals surface area contributed by atoms with Gasteiger partial charge in [0.15, 0.2) is 0 Å². The van der Waals surface area contributed by atoms with E-state index < -0.39 is 0 Å². The zero-order valence-electron chi connectivity index (χ0n) is 10.8. The van der Waals surface area contributed by atoms with E-state index in [1.54, 1.807) is 24.9 Å². The molecule has 1 aromatic carbocycles. The van der Waals surface area contributed by atoms with Gasteiger partial charge in [-0.25, -0.2) is 0 Å². The van der Waals surface area contributed by atoms with Crippen molar-refractivity contribution in [2.75, 3.05) is 12.8 Å². The molecule has 0 aliphatic heterocycles. The fourth-order valence-corrected chi connectivity index (χ4v) is 2.85. The van der Waals surface area contributed by atoms with Crippen molar-refractivity contribution in [2.45, 2.75) is 17.6 Å². The summed E-state index contributed by atoms with van der Waals surface area (Å²) in [7, 11) is 1.66. The number of nitrogens with zero attached hydrogens (tertiary/aromatic N) is 1. The summed E-state index contributed by atoms with van der Waals surface area (Å²) in [5, 5.41) is 0.671. The molecular weight excluding hydrogens is 280 g/mol. The average Bonchev–Trinajstić information content (AvgIpc) is 2.37. The van der Waals surface area contributed by atoms with Gasteiger partial charge in [-0.3, -0.25) is 4.98 Å². The maximum absolute atomic E-state index is 6.14. The van der Waals surface area contributed by atoms with Crippen LogP contribution in [0, 0.1) is 6.92 Å². The maximum atomic E-state index is 6.14. The summed E-state index contributed by atoms with van der Waals surface area (Å²) in [6.07, 6.45) is 0. The van der Waals surface area contributed by atoms with Gasteiger partial charge < -0.3 is 10.5 Å². The Morgan fingerprint density at radius 2 is 2.11 bits per heavy atom. The molecular formula is C14H15ClN2OS. The lowest BCUT2D eigenvalue weighted by Crippen LogP contribution is -1.93. The first-order chi connectivity index (χ1) is 9.08. The Balaban J connectivity index is 2.12. The number of nitrogens with two attached hydrogens (primary N) is 1. The van der Waals surface area contributed by atoms with E-state index in [9.17, 15) is 0 Å². The number of halogens is 1. The molecule has 100 valence electrons. The summed E-state index contributed by atoms with van der Waals surface area (Å²) in [4.78, 5) is 5.47. The van der Waals surface area contributed by atoms with Gasteiger partial charge in [-0.05, 0) is 25.1 Å². The SMILES string of the molecule is COc1cc(C)nc(CSc2ccc(N)cc2Cl)c1. The van der Waals surface area contributed by atoms with Gasteiger partial charge in [0.2, 0.25) is 0 Å². The molecule has 0 saturated heterocycles. The molecule has 19 heavy (non-hydrogen) atoms. The Labute approximate surface area is 122 Å². The van der Waals surface area contributed by atoms with E-state index in [-0.39, 0.29) is 0 Å². The third kappa shape index (κ3) is 3.78. The highest BCUT2D eigenvalue weighted by Crippen LogP contribution is 2.31. The zero-order chi connectivity index (χ0) is 13.8. The van der Waals surface area contributed by atoms with Crippen LogP contribution in [0.1, 0.15) is 11.4 Å². The number of anilines is 1. The molecule has 1 heterocycles. The van der Waals surface area contributed by atoms with Crippen LogP contribution in [0.4, 0.5) is 5.69 Å². The zero-order valence-corrected chi connectivity index (χ0v) is 12.4. The monoisotopic (exact) mass is 294 g/mol. The minimum Gasteiger partial charge on any atom is -0.497 e. The van der Waals surface area contributed by atoms with Crippen LogP contribution in [0.2, 0.25) is 5.02 Å². The molecule has 3 nitrogen and oxygen atoms in total. The molecule has 0 aliphatic rings. The van der Waals surface area contributed by atoms with E-state index in [4.69, 9.17) is 22.1 Å². The van der Waals surface area contributed by atoms with Gasteiger partial charge >= 0.3 is 0 Å². The molecule has 2 rings (SSSR count). The summed E-state index contributed by atoms with van der Waals surface area (Å²) in [6.45, 7) is 1.95. The first-order valence-electron chi connectivity index (χ1n) is 5.78. The number of hydrogen-bond acceptors (Lipinski definition) is 4. The molecule has 0 atom stereocenters. The van der Waals surface area contributed by atoms with Crippen LogP contribution >= 0.6 is 23.4 Å². The van der Waals surface area contributed by atoms with Crippen LogP contribution in [0.3, 0.4) is 0 Å². The topological polar surface area (TPSA) is 48.1 Å². The second-order valence-electron chi connectivity index (χ2n) is 4.12. The van der Waals surface area contributed by atoms with Crippen molar-refractivity contribution in [2.24, 2.45) is 0 Å². The molecule has 5 heteroatoms. The van der Waals surface area contributed by atoms with Crippen molar-refractivity contribution in [3.63, 3.8) is 0 Å². The van der Waals surface area contributed by atoms with Crippen LogP contribution in [-0.4, -0.2) is 12.1 Å². The van der Waals surface area contributed by atoms with Gasteiger partial charge in [0.1, 0.15) is 5.75 Å². The molecule has 0 aliphatic carbocycles. The fourth-order valence-electron chi connectivity index (χ4n) is 1.68. The van der Waals surface area contributed by atoms with E-state index in [0.29, 0.717) is 10.7 Å². The van der Waals surface area contributed by atoms with Crippen molar-refractivity contribution in [3.05, 3.63) is 46.7 Å². The molecule has 0 fully saturated rings. The van der Waals surface area contributed by atoms with Crippen molar-refractivity contribution < 1.29 is 4.74 Å². The number of rotatable bonds is 4. The van der Waals surface area contributed by atoms with Crippen molar-refractivity contribution in [3.8, 4) is 5.75 Å². The molecule has 1 aromatic heterocycles. The maximum Gasteiger partial charge on any atom is 0.122 e. The number of pyridine rings is 1. The minimum atomic E-state index is 0.671. The van der Waals surface area contributed by atoms with Crippen LogP contribution in [0.5, 0.6) is 5.75 Å². The molecule has 0 amide bonds. The Morgan fingerprint density at radius 3 is 2.79 bits per heavy atom. The molecule has 0 radical (unpaired) electrons. The number of benzene rings is 1. The first-order valence-corrected chi connectivity index (χ1v) is 7.14. The number of aromatic nitrogens is 1. The lowest BCUT2D eigenvalue weighted by Gasteiger charge is -2.07. The Hall–Kier alpha value is -1.39. The third-order valence-corrected chi connectivity index (χ3v) is 4.08. The summed E-state index contributed by atoms with van der Waals surface area (Å²) in [5.41, 5.74) is 8.25. The van der Waals surface area contributed by atoms with E-state index >= 15 is 0 Å². The van der Waals surface area contributed by atoms with Crippen molar-refractivity contribution in [1.82, 2.24) is 4.98 Å². The summed E-state index contributed by atoms with van der Waals surface area (Å²) in [5.74, 6) is 1.56. The number of aryl methyl sites for hydroxylation is 1. The van der Waals surface area contributed by atoms with E-state index in [1.165, 1.54) is 0 Å². The smallest absolute Gasteiger partial charge is 0.122 e. The van der Waals surface area contributed by atoms with Crippen LogP contribution < -0.4 is 10.5 Å². The first kappa shape index (κ1) is 14.0. The number of thioether (sulfide) groups is 1. The molecule has 0 unspecified atom stereocenters. The van der Waals surface area contributed by atoms with Crippen molar-refractivity contribution in [1.29, 1.82) is 0 Å². The lowest BCUT2D eigenvalue weighted by atomic mass is 10.3. The Bertz CT molecular complexity index is 590. The Kier molecular flexibility index (Phi) is 4.56. The second-order valence-corrected chi connectivity index (χ2v) is 5.54. The average molecular weight is 295 g/mol. The summed E-state index contributed by atoms with van der Waals surface area (Å²) >= 11 is 7.77. The minimum absolute atomic E-state index is 0.671. The van der Waals surface area contributed by atoms with Crippen molar-refractivity contribution >= 4 is 29.1 Å². The number of methoxy groups -OCH3 is 1. The molecule has 0 saturated carbocycles. The number of hydrogen-bond donors (Lipinski definition) is 1. The van der Waals surface area contributed by atoms with Gasteiger partial charge in [0.25, 0.3) is 0 Å². The summed E-state index contributed by atoms with van der Waals surface area (Å²) < 4.78 is 5.24. The number of nitrogen functional groups attached to an aromatic ring is 1. The third-order valence-electron chi connectivity index (χ3n) is 2.55. The van der Waals surface area contributed by atoms with Crippen LogP contribution in [-0.2, 0) is 5.75 Å². The highest BCUT2D eigenvalue weighted by Gasteiger charge is 2.05. The van der Waals surface area contributed by atoms with Gasteiger partial charge in [-0.2, -0.15) is 0 Å². The molecule has 0 bridgehead atoms. The number of ether oxygens (including phenoxy) is 1. The quantitative estimate of drug-likeness (QED) is 0.686. The van der Waals surface area contributed by atoms with Gasteiger partial charge in [0.05, 0.1) is 17.8 Å². The molecule has 2 N–H and O–H groups in total. The van der Waals surface area contributed by atoms with Gasteiger partial charge in [0, 0.05) is 34.2 Å². The molecule has 0 spiro atoms. The second kappa shape index (κ2) is 6.17. The largest absolute Gasteiger partial charge is 0.497 e. The van der Waals surface area contributed by atoms with Gasteiger partial charge in [-0.1, -0.05) is 11.6 Å². The normalized spacial score (nSPS) is 10.5. The summed E-state index contributed by atoms with van der Waals surface area (Å²) in [6, 6.07) is 9.37. The predicted molar refractivity (Wildman–Crippen MR) is 81.0 cm³/mol. The van der Waals surface area contributed by atoms with E-state index in [2.05, 4.69) is 4.98 Å². The highest BCUT2D eigenvalue weighted by atomic mass is 35.5.